The van der Waals surface area contributed by atoms with Gasteiger partial charge < -0.3 is 5.11 Å². The van der Waals surface area contributed by atoms with E-state index < -0.39 is 28.3 Å². The van der Waals surface area contributed by atoms with E-state index in [1.165, 1.54) is 0 Å². The molecule has 2 atom stereocenters. The van der Waals surface area contributed by atoms with Gasteiger partial charge in [0.1, 0.15) is 22.1 Å². The number of aromatic amines is 1. The summed E-state index contributed by atoms with van der Waals surface area (Å²) in [6.45, 7) is 1.70. The monoisotopic (exact) mass is 467 g/mol. The summed E-state index contributed by atoms with van der Waals surface area (Å²) < 4.78 is 55.9. The van der Waals surface area contributed by atoms with Crippen LogP contribution in [-0.2, 0) is 18.3 Å². The summed E-state index contributed by atoms with van der Waals surface area (Å²) in [6, 6.07) is 10.9. The normalized spacial score (nSPS) is 26.6. The zero-order chi connectivity index (χ0) is 22.7. The van der Waals surface area contributed by atoms with Crippen LogP contribution in [-0.4, -0.2) is 33.3 Å². The molecule has 2 bridgehead atoms. The molecule has 1 aromatic heterocycles. The first-order chi connectivity index (χ1) is 15.2. The minimum atomic E-state index is -4.75. The summed E-state index contributed by atoms with van der Waals surface area (Å²) in [6.07, 6.45) is -2.59. The molecule has 2 unspecified atom stereocenters. The number of piperidine rings is 1. The molecule has 2 N–H and O–H groups in total. The second-order valence-electron chi connectivity index (χ2n) is 8.87. The van der Waals surface area contributed by atoms with E-state index in [0.717, 1.165) is 18.1 Å². The highest BCUT2D eigenvalue weighted by molar-refractivity contribution is 6.35. The quantitative estimate of drug-likeness (QED) is 0.500. The van der Waals surface area contributed by atoms with E-state index >= 15 is 0 Å². The van der Waals surface area contributed by atoms with Crippen LogP contribution in [0, 0.1) is 17.7 Å². The van der Waals surface area contributed by atoms with Crippen molar-refractivity contribution in [3.8, 4) is 0 Å². The summed E-state index contributed by atoms with van der Waals surface area (Å²) in [7, 11) is 0. The number of aliphatic hydroxyl groups is 1. The van der Waals surface area contributed by atoms with Gasteiger partial charge in [-0.2, -0.15) is 18.3 Å². The molecule has 9 heteroatoms. The van der Waals surface area contributed by atoms with E-state index in [1.807, 2.05) is 35.4 Å². The molecule has 1 saturated heterocycles. The van der Waals surface area contributed by atoms with E-state index in [0.29, 0.717) is 32.5 Å². The number of nitrogens with zero attached hydrogens (tertiary/aromatic N) is 2. The molecule has 2 aromatic carbocycles. The lowest BCUT2D eigenvalue weighted by Crippen LogP contribution is -2.58. The minimum Gasteiger partial charge on any atom is -0.384 e. The summed E-state index contributed by atoms with van der Waals surface area (Å²) in [5, 5.41) is 16.8. The minimum absolute atomic E-state index is 0.0652. The van der Waals surface area contributed by atoms with E-state index in [1.54, 1.807) is 0 Å². The van der Waals surface area contributed by atoms with E-state index in [-0.39, 0.29) is 28.3 Å². The van der Waals surface area contributed by atoms with Crippen LogP contribution in [0.25, 0.3) is 10.9 Å². The first-order valence-corrected chi connectivity index (χ1v) is 11.0. The molecule has 2 aliphatic rings. The van der Waals surface area contributed by atoms with E-state index in [4.69, 9.17) is 11.6 Å². The van der Waals surface area contributed by atoms with Crippen LogP contribution < -0.4 is 0 Å². The Morgan fingerprint density at radius 3 is 2.44 bits per heavy atom. The van der Waals surface area contributed by atoms with Crippen molar-refractivity contribution in [2.75, 3.05) is 13.1 Å². The second kappa shape index (κ2) is 7.71. The predicted molar refractivity (Wildman–Crippen MR) is 113 cm³/mol. The number of fused-ring (bicyclic) bond motifs is 3. The fourth-order valence-electron chi connectivity index (χ4n) is 5.61. The molecule has 2 fully saturated rings. The lowest BCUT2D eigenvalue weighted by atomic mass is 9.62. The molecular formula is C23H22ClF4N3O. The summed E-state index contributed by atoms with van der Waals surface area (Å²) >= 11 is 5.97. The van der Waals surface area contributed by atoms with Gasteiger partial charge in [-0.1, -0.05) is 48.4 Å². The number of halogens is 5. The van der Waals surface area contributed by atoms with Crippen molar-refractivity contribution in [3.05, 3.63) is 64.1 Å². The molecule has 2 heterocycles. The molecule has 5 rings (SSSR count). The number of aromatic nitrogens is 2. The van der Waals surface area contributed by atoms with Crippen molar-refractivity contribution in [2.24, 2.45) is 11.8 Å². The van der Waals surface area contributed by atoms with Crippen molar-refractivity contribution < 1.29 is 22.7 Å². The Labute approximate surface area is 187 Å². The number of likely N-dealkylation sites (tertiary alicyclic amines) is 1. The van der Waals surface area contributed by atoms with Crippen molar-refractivity contribution in [2.45, 2.75) is 37.6 Å². The highest BCUT2D eigenvalue weighted by Crippen LogP contribution is 2.53. The Bertz CT molecular complexity index is 1130. The van der Waals surface area contributed by atoms with Crippen LogP contribution in [0.4, 0.5) is 17.6 Å². The largest absolute Gasteiger partial charge is 0.433 e. The highest BCUT2D eigenvalue weighted by atomic mass is 35.5. The third-order valence-electron chi connectivity index (χ3n) is 7.00. The molecule has 3 aromatic rings. The van der Waals surface area contributed by atoms with Gasteiger partial charge in [-0.3, -0.25) is 10.00 Å². The molecular weight excluding hydrogens is 446 g/mol. The maximum absolute atomic E-state index is 14.7. The van der Waals surface area contributed by atoms with Crippen LogP contribution in [0.3, 0.4) is 0 Å². The van der Waals surface area contributed by atoms with Crippen LogP contribution in [0.2, 0.25) is 5.02 Å². The second-order valence-corrected chi connectivity index (χ2v) is 9.25. The zero-order valence-corrected chi connectivity index (χ0v) is 17.8. The number of rotatable bonds is 3. The van der Waals surface area contributed by atoms with Gasteiger partial charge in [-0.25, -0.2) is 4.39 Å². The summed E-state index contributed by atoms with van der Waals surface area (Å²) in [4.78, 5) is 2.22. The van der Waals surface area contributed by atoms with Gasteiger partial charge in [0, 0.05) is 36.9 Å². The number of benzene rings is 2. The Hall–Kier alpha value is -2.16. The number of hydrogen-bond donors (Lipinski definition) is 2. The Morgan fingerprint density at radius 1 is 1.16 bits per heavy atom. The van der Waals surface area contributed by atoms with Gasteiger partial charge in [0.25, 0.3) is 0 Å². The number of alkyl halides is 3. The molecule has 0 radical (unpaired) electrons. The zero-order valence-electron chi connectivity index (χ0n) is 17.1. The van der Waals surface area contributed by atoms with Gasteiger partial charge in [-0.05, 0) is 30.0 Å². The summed E-state index contributed by atoms with van der Waals surface area (Å²) in [5.41, 5.74) is -1.94. The molecule has 1 aliphatic carbocycles. The smallest absolute Gasteiger partial charge is 0.384 e. The highest BCUT2D eigenvalue weighted by Gasteiger charge is 2.53. The molecule has 32 heavy (non-hydrogen) atoms. The van der Waals surface area contributed by atoms with Gasteiger partial charge in [0.15, 0.2) is 0 Å². The van der Waals surface area contributed by atoms with Crippen LogP contribution in [0.5, 0.6) is 0 Å². The fraction of sp³-hybridized carbons (Fsp3) is 0.435. The van der Waals surface area contributed by atoms with Crippen molar-refractivity contribution in [1.29, 1.82) is 0 Å². The van der Waals surface area contributed by atoms with E-state index in [9.17, 15) is 22.7 Å². The Kier molecular flexibility index (Phi) is 5.22. The molecule has 0 amide bonds. The van der Waals surface area contributed by atoms with Crippen molar-refractivity contribution in [3.63, 3.8) is 0 Å². The Morgan fingerprint density at radius 2 is 1.81 bits per heavy atom. The van der Waals surface area contributed by atoms with Crippen molar-refractivity contribution >= 4 is 22.5 Å². The predicted octanol–water partition coefficient (Wildman–Crippen LogP) is 5.49. The lowest BCUT2D eigenvalue weighted by Gasteiger charge is -2.53. The maximum Gasteiger partial charge on any atom is 0.433 e. The first-order valence-electron chi connectivity index (χ1n) is 10.6. The molecule has 4 nitrogen and oxygen atoms in total. The van der Waals surface area contributed by atoms with Crippen LogP contribution in [0.1, 0.15) is 36.1 Å². The molecule has 1 aliphatic heterocycles. The van der Waals surface area contributed by atoms with Gasteiger partial charge in [0.2, 0.25) is 0 Å². The lowest BCUT2D eigenvalue weighted by molar-refractivity contribution is -0.149. The number of hydrogen-bond acceptors (Lipinski definition) is 3. The topological polar surface area (TPSA) is 52.2 Å². The number of H-pyrrole nitrogens is 1. The molecule has 0 spiro atoms. The van der Waals surface area contributed by atoms with Crippen molar-refractivity contribution in [1.82, 2.24) is 15.1 Å². The Balaban J connectivity index is 1.60. The fourth-order valence-corrected chi connectivity index (χ4v) is 5.80. The van der Waals surface area contributed by atoms with Gasteiger partial charge in [-0.15, -0.1) is 0 Å². The maximum atomic E-state index is 14.7. The summed E-state index contributed by atoms with van der Waals surface area (Å²) in [5.74, 6) is -1.55. The molecule has 170 valence electrons. The SMILES string of the molecule is OC1(c2cc(F)c(Cl)c3n[nH]c(C(F)(F)F)c23)C2CCCC1CN(Cc1ccccc1)C2. The van der Waals surface area contributed by atoms with Gasteiger partial charge in [0.05, 0.1) is 5.60 Å². The van der Waals surface area contributed by atoms with Gasteiger partial charge >= 0.3 is 6.18 Å². The standard InChI is InChI=1S/C23H22ClF4N3O/c24-19-17(25)9-16(18-20(19)29-30-21(18)23(26,27)28)22(32)14-7-4-8-15(22)12-31(11-14)10-13-5-2-1-3-6-13/h1-3,5-6,9,14-15,32H,4,7-8,10-12H2,(H,29,30). The number of nitrogens with one attached hydrogen (secondary N) is 1. The third kappa shape index (κ3) is 3.40. The third-order valence-corrected chi connectivity index (χ3v) is 7.35. The van der Waals surface area contributed by atoms with E-state index in [2.05, 4.69) is 10.00 Å². The average Bonchev–Trinajstić information content (AvgIpc) is 3.18. The first kappa shape index (κ1) is 21.7. The van der Waals surface area contributed by atoms with Crippen LogP contribution in [0.15, 0.2) is 36.4 Å². The average molecular weight is 468 g/mol. The molecule has 1 saturated carbocycles. The van der Waals surface area contributed by atoms with Crippen LogP contribution >= 0.6 is 11.6 Å².